The van der Waals surface area contributed by atoms with Crippen molar-refractivity contribution in [1.82, 2.24) is 4.98 Å². The van der Waals surface area contributed by atoms with Crippen LogP contribution in [0.1, 0.15) is 43.7 Å². The van der Waals surface area contributed by atoms with Crippen molar-refractivity contribution in [3.8, 4) is 0 Å². The van der Waals surface area contributed by atoms with Crippen LogP contribution in [0.3, 0.4) is 0 Å². The summed E-state index contributed by atoms with van der Waals surface area (Å²) < 4.78 is 5.48. The van der Waals surface area contributed by atoms with Gasteiger partial charge in [-0.25, -0.2) is 4.98 Å². The van der Waals surface area contributed by atoms with Crippen LogP contribution >= 0.6 is 0 Å². The maximum absolute atomic E-state index is 6.00. The van der Waals surface area contributed by atoms with Gasteiger partial charge in [0.1, 0.15) is 5.76 Å². The number of rotatable bonds is 0. The maximum Gasteiger partial charge on any atom is 0.191 e. The summed E-state index contributed by atoms with van der Waals surface area (Å²) >= 11 is 0. The summed E-state index contributed by atoms with van der Waals surface area (Å²) in [6, 6.07) is 0.0277. The number of hydrogen-bond acceptors (Lipinski definition) is 3. The van der Waals surface area contributed by atoms with E-state index in [0.717, 1.165) is 30.2 Å². The van der Waals surface area contributed by atoms with Crippen LogP contribution < -0.4 is 5.73 Å². The molecule has 1 unspecified atom stereocenters. The first-order valence-electron chi connectivity index (χ1n) is 4.70. The molecule has 0 saturated carbocycles. The van der Waals surface area contributed by atoms with Crippen molar-refractivity contribution in [1.29, 1.82) is 0 Å². The van der Waals surface area contributed by atoms with Crippen molar-refractivity contribution in [3.05, 3.63) is 17.3 Å². The van der Waals surface area contributed by atoms with Crippen LogP contribution in [0.2, 0.25) is 0 Å². The zero-order valence-electron chi connectivity index (χ0n) is 8.42. The summed E-state index contributed by atoms with van der Waals surface area (Å²) in [4.78, 5) is 4.35. The highest BCUT2D eigenvalue weighted by Crippen LogP contribution is 2.39. The Morgan fingerprint density at radius 2 is 2.23 bits per heavy atom. The molecule has 0 amide bonds. The predicted molar refractivity (Wildman–Crippen MR) is 50.3 cm³/mol. The van der Waals surface area contributed by atoms with Crippen molar-refractivity contribution < 1.29 is 4.42 Å². The highest BCUT2D eigenvalue weighted by molar-refractivity contribution is 5.19. The second kappa shape index (κ2) is 2.58. The summed E-state index contributed by atoms with van der Waals surface area (Å²) in [5.41, 5.74) is 7.32. The number of aryl methyl sites for hydroxylation is 1. The molecule has 0 aromatic carbocycles. The van der Waals surface area contributed by atoms with E-state index in [0.29, 0.717) is 0 Å². The number of hydrogen-bond donors (Lipinski definition) is 1. The lowest BCUT2D eigenvalue weighted by molar-refractivity contribution is 0.256. The fourth-order valence-corrected chi connectivity index (χ4v) is 2.12. The lowest BCUT2D eigenvalue weighted by Gasteiger charge is -2.31. The maximum atomic E-state index is 6.00. The van der Waals surface area contributed by atoms with Crippen LogP contribution in [-0.2, 0) is 6.42 Å². The van der Waals surface area contributed by atoms with Gasteiger partial charge in [-0.1, -0.05) is 13.8 Å². The van der Waals surface area contributed by atoms with E-state index in [1.165, 1.54) is 0 Å². The Morgan fingerprint density at radius 1 is 1.54 bits per heavy atom. The van der Waals surface area contributed by atoms with Crippen molar-refractivity contribution in [2.24, 2.45) is 11.1 Å². The molecule has 0 fully saturated rings. The van der Waals surface area contributed by atoms with Gasteiger partial charge in [0, 0.05) is 6.92 Å². The Hall–Kier alpha value is -0.830. The molecule has 0 radical (unpaired) electrons. The molecule has 1 heterocycles. The fraction of sp³-hybridized carbons (Fsp3) is 0.700. The topological polar surface area (TPSA) is 52.0 Å². The molecule has 0 bridgehead atoms. The minimum Gasteiger partial charge on any atom is -0.444 e. The van der Waals surface area contributed by atoms with E-state index in [-0.39, 0.29) is 11.5 Å². The molecule has 2 rings (SSSR count). The van der Waals surface area contributed by atoms with Crippen LogP contribution in [0.4, 0.5) is 0 Å². The van der Waals surface area contributed by atoms with Gasteiger partial charge in [0.15, 0.2) is 5.89 Å². The van der Waals surface area contributed by atoms with E-state index < -0.39 is 0 Å². The standard InChI is InChI=1S/C10H16N2O/c1-6-12-8-5-10(2,3)4-7(11)9(8)13-6/h7H,4-5,11H2,1-3H3. The molecule has 1 aliphatic carbocycles. The number of oxazole rings is 1. The number of aromatic nitrogens is 1. The third kappa shape index (κ3) is 1.48. The number of nitrogens with two attached hydrogens (primary N) is 1. The van der Waals surface area contributed by atoms with Gasteiger partial charge in [0.25, 0.3) is 0 Å². The van der Waals surface area contributed by atoms with Crippen molar-refractivity contribution in [2.45, 2.75) is 39.7 Å². The van der Waals surface area contributed by atoms with Gasteiger partial charge in [-0.05, 0) is 18.3 Å². The third-order valence-electron chi connectivity index (χ3n) is 2.59. The minimum atomic E-state index is 0.0277. The van der Waals surface area contributed by atoms with Crippen molar-refractivity contribution in [3.63, 3.8) is 0 Å². The van der Waals surface area contributed by atoms with Crippen LogP contribution in [-0.4, -0.2) is 4.98 Å². The Morgan fingerprint density at radius 3 is 2.92 bits per heavy atom. The summed E-state index contributed by atoms with van der Waals surface area (Å²) in [6.45, 7) is 6.32. The van der Waals surface area contributed by atoms with Gasteiger partial charge < -0.3 is 10.2 Å². The lowest BCUT2D eigenvalue weighted by atomic mass is 9.76. The van der Waals surface area contributed by atoms with Crippen LogP contribution in [0, 0.1) is 12.3 Å². The smallest absolute Gasteiger partial charge is 0.191 e. The van der Waals surface area contributed by atoms with Gasteiger partial charge in [0.2, 0.25) is 0 Å². The van der Waals surface area contributed by atoms with Crippen molar-refractivity contribution >= 4 is 0 Å². The van der Waals surface area contributed by atoms with Gasteiger partial charge in [-0.3, -0.25) is 0 Å². The highest BCUT2D eigenvalue weighted by Gasteiger charge is 2.33. The van der Waals surface area contributed by atoms with E-state index >= 15 is 0 Å². The molecule has 0 spiro atoms. The largest absolute Gasteiger partial charge is 0.444 e. The first-order chi connectivity index (χ1) is 5.98. The molecular weight excluding hydrogens is 164 g/mol. The molecule has 1 atom stereocenters. The predicted octanol–water partition coefficient (Wildman–Crippen LogP) is 1.96. The Labute approximate surface area is 78.3 Å². The van der Waals surface area contributed by atoms with Crippen LogP contribution in [0.5, 0.6) is 0 Å². The summed E-state index contributed by atoms with van der Waals surface area (Å²) in [6.07, 6.45) is 1.96. The van der Waals surface area contributed by atoms with E-state index in [4.69, 9.17) is 10.2 Å². The van der Waals surface area contributed by atoms with E-state index in [2.05, 4.69) is 18.8 Å². The molecule has 72 valence electrons. The monoisotopic (exact) mass is 180 g/mol. The average molecular weight is 180 g/mol. The van der Waals surface area contributed by atoms with E-state index in [1.54, 1.807) is 0 Å². The van der Waals surface area contributed by atoms with Gasteiger partial charge >= 0.3 is 0 Å². The zero-order valence-corrected chi connectivity index (χ0v) is 8.42. The van der Waals surface area contributed by atoms with Gasteiger partial charge in [-0.2, -0.15) is 0 Å². The molecule has 0 aliphatic heterocycles. The van der Waals surface area contributed by atoms with Gasteiger partial charge in [0.05, 0.1) is 11.7 Å². The van der Waals surface area contributed by atoms with Gasteiger partial charge in [-0.15, -0.1) is 0 Å². The van der Waals surface area contributed by atoms with E-state index in [1.807, 2.05) is 6.92 Å². The minimum absolute atomic E-state index is 0.0277. The molecule has 3 heteroatoms. The molecular formula is C10H16N2O. The summed E-state index contributed by atoms with van der Waals surface area (Å²) in [7, 11) is 0. The molecule has 13 heavy (non-hydrogen) atoms. The second-order valence-electron chi connectivity index (χ2n) is 4.70. The highest BCUT2D eigenvalue weighted by atomic mass is 16.4. The normalized spacial score (nSPS) is 25.7. The Bertz CT molecular complexity index is 328. The third-order valence-corrected chi connectivity index (χ3v) is 2.59. The second-order valence-corrected chi connectivity index (χ2v) is 4.70. The van der Waals surface area contributed by atoms with Crippen LogP contribution in [0.25, 0.3) is 0 Å². The van der Waals surface area contributed by atoms with Crippen molar-refractivity contribution in [2.75, 3.05) is 0 Å². The summed E-state index contributed by atoms with van der Waals surface area (Å²) in [5.74, 6) is 1.63. The quantitative estimate of drug-likeness (QED) is 0.664. The Kier molecular flexibility index (Phi) is 1.74. The molecule has 3 nitrogen and oxygen atoms in total. The van der Waals surface area contributed by atoms with E-state index in [9.17, 15) is 0 Å². The number of nitrogens with zero attached hydrogens (tertiary/aromatic N) is 1. The SMILES string of the molecule is Cc1nc2c(o1)C(N)CC(C)(C)C2. The molecule has 2 N–H and O–H groups in total. The molecule has 0 saturated heterocycles. The Balaban J connectivity index is 2.42. The van der Waals surface area contributed by atoms with Crippen LogP contribution in [0.15, 0.2) is 4.42 Å². The first-order valence-corrected chi connectivity index (χ1v) is 4.70. The molecule has 1 aliphatic rings. The zero-order chi connectivity index (χ0) is 9.64. The fourth-order valence-electron chi connectivity index (χ4n) is 2.12. The average Bonchev–Trinajstić information content (AvgIpc) is 2.27. The molecule has 1 aromatic heterocycles. The number of fused-ring (bicyclic) bond motifs is 1. The first kappa shape index (κ1) is 8.75. The summed E-state index contributed by atoms with van der Waals surface area (Å²) in [5, 5.41) is 0. The lowest BCUT2D eigenvalue weighted by Crippen LogP contribution is -2.29. The molecule has 1 aromatic rings.